The van der Waals surface area contributed by atoms with Crippen LogP contribution in [0.2, 0.25) is 0 Å². The molecule has 1 aliphatic rings. The Hall–Kier alpha value is -0.940. The highest BCUT2D eigenvalue weighted by atomic mass is 16.5. The standard InChI is InChI=1S/C13H23N3O2/c1-4-13(7-6-8-14-9-13)12-15-11(16-18-12)10(3)17-5-2/h10,14H,4-9H2,1-3H3. The van der Waals surface area contributed by atoms with Crippen molar-refractivity contribution in [3.05, 3.63) is 11.7 Å². The molecule has 5 heteroatoms. The largest absolute Gasteiger partial charge is 0.371 e. The summed E-state index contributed by atoms with van der Waals surface area (Å²) >= 11 is 0. The normalized spacial score (nSPS) is 26.2. The second-order valence-corrected chi connectivity index (χ2v) is 4.97. The maximum atomic E-state index is 5.49. The van der Waals surface area contributed by atoms with E-state index < -0.39 is 0 Å². The van der Waals surface area contributed by atoms with E-state index >= 15 is 0 Å². The Labute approximate surface area is 108 Å². The SMILES string of the molecule is CCOC(C)c1noc(C2(CC)CCCNC2)n1. The molecule has 5 nitrogen and oxygen atoms in total. The van der Waals surface area contributed by atoms with Gasteiger partial charge in [0.1, 0.15) is 6.10 Å². The number of nitrogens with zero attached hydrogens (tertiary/aromatic N) is 2. The van der Waals surface area contributed by atoms with Crippen molar-refractivity contribution in [3.63, 3.8) is 0 Å². The highest BCUT2D eigenvalue weighted by Gasteiger charge is 2.38. The van der Waals surface area contributed by atoms with Crippen LogP contribution in [-0.4, -0.2) is 29.8 Å². The van der Waals surface area contributed by atoms with E-state index in [4.69, 9.17) is 9.26 Å². The Morgan fingerprint density at radius 3 is 2.94 bits per heavy atom. The molecule has 1 fully saturated rings. The van der Waals surface area contributed by atoms with Gasteiger partial charge in [0, 0.05) is 13.2 Å². The maximum Gasteiger partial charge on any atom is 0.234 e. The Bertz CT molecular complexity index is 372. The molecule has 1 aromatic rings. The fraction of sp³-hybridized carbons (Fsp3) is 0.846. The van der Waals surface area contributed by atoms with Crippen LogP contribution in [0.5, 0.6) is 0 Å². The molecule has 1 aromatic heterocycles. The summed E-state index contributed by atoms with van der Waals surface area (Å²) in [5, 5.41) is 7.49. The molecule has 0 spiro atoms. The molecule has 2 rings (SSSR count). The third kappa shape index (κ3) is 2.57. The number of piperidine rings is 1. The zero-order chi connectivity index (χ0) is 13.0. The molecule has 2 unspecified atom stereocenters. The van der Waals surface area contributed by atoms with Gasteiger partial charge in [-0.05, 0) is 39.7 Å². The smallest absolute Gasteiger partial charge is 0.234 e. The highest BCUT2D eigenvalue weighted by molar-refractivity contribution is 5.08. The molecule has 102 valence electrons. The summed E-state index contributed by atoms with van der Waals surface area (Å²) in [6, 6.07) is 0. The minimum atomic E-state index is -0.0991. The lowest BCUT2D eigenvalue weighted by atomic mass is 9.78. The summed E-state index contributed by atoms with van der Waals surface area (Å²) in [4.78, 5) is 4.55. The predicted molar refractivity (Wildman–Crippen MR) is 68.4 cm³/mol. The molecule has 0 radical (unpaired) electrons. The number of nitrogens with one attached hydrogen (secondary N) is 1. The van der Waals surface area contributed by atoms with Crippen LogP contribution in [-0.2, 0) is 10.2 Å². The van der Waals surface area contributed by atoms with Gasteiger partial charge in [-0.25, -0.2) is 0 Å². The highest BCUT2D eigenvalue weighted by Crippen LogP contribution is 2.33. The Morgan fingerprint density at radius 1 is 1.50 bits per heavy atom. The molecule has 0 aromatic carbocycles. The van der Waals surface area contributed by atoms with E-state index in [1.807, 2.05) is 13.8 Å². The van der Waals surface area contributed by atoms with Crippen LogP contribution in [0.15, 0.2) is 4.52 Å². The first-order chi connectivity index (χ1) is 8.72. The summed E-state index contributed by atoms with van der Waals surface area (Å²) in [6.45, 7) is 8.77. The summed E-state index contributed by atoms with van der Waals surface area (Å²) in [5.41, 5.74) is 0.00936. The fourth-order valence-electron chi connectivity index (χ4n) is 2.54. The van der Waals surface area contributed by atoms with Gasteiger partial charge in [0.2, 0.25) is 5.89 Å². The van der Waals surface area contributed by atoms with Crippen molar-refractivity contribution < 1.29 is 9.26 Å². The summed E-state index contributed by atoms with van der Waals surface area (Å²) in [7, 11) is 0. The fourth-order valence-corrected chi connectivity index (χ4v) is 2.54. The predicted octanol–water partition coefficient (Wildman–Crippen LogP) is 2.20. The van der Waals surface area contributed by atoms with Crippen LogP contribution < -0.4 is 5.32 Å². The lowest BCUT2D eigenvalue weighted by Crippen LogP contribution is -2.43. The van der Waals surface area contributed by atoms with E-state index in [-0.39, 0.29) is 11.5 Å². The van der Waals surface area contributed by atoms with Gasteiger partial charge in [0.15, 0.2) is 5.82 Å². The quantitative estimate of drug-likeness (QED) is 0.871. The zero-order valence-electron chi connectivity index (χ0n) is 11.5. The summed E-state index contributed by atoms with van der Waals surface area (Å²) in [6.07, 6.45) is 3.19. The molecule has 0 bridgehead atoms. The van der Waals surface area contributed by atoms with E-state index in [1.165, 1.54) is 0 Å². The molecule has 18 heavy (non-hydrogen) atoms. The number of rotatable bonds is 5. The monoisotopic (exact) mass is 253 g/mol. The van der Waals surface area contributed by atoms with Gasteiger partial charge >= 0.3 is 0 Å². The molecule has 2 heterocycles. The van der Waals surface area contributed by atoms with Crippen molar-refractivity contribution in [3.8, 4) is 0 Å². The van der Waals surface area contributed by atoms with Crippen molar-refractivity contribution in [1.29, 1.82) is 0 Å². The van der Waals surface area contributed by atoms with Crippen LogP contribution in [0.1, 0.15) is 57.9 Å². The van der Waals surface area contributed by atoms with Crippen LogP contribution in [0.3, 0.4) is 0 Å². The molecule has 0 aliphatic carbocycles. The molecule has 1 saturated heterocycles. The van der Waals surface area contributed by atoms with E-state index in [9.17, 15) is 0 Å². The van der Waals surface area contributed by atoms with Gasteiger partial charge in [0.25, 0.3) is 0 Å². The van der Waals surface area contributed by atoms with Crippen molar-refractivity contribution in [1.82, 2.24) is 15.5 Å². The molecule has 1 N–H and O–H groups in total. The van der Waals surface area contributed by atoms with Crippen LogP contribution in [0, 0.1) is 0 Å². The number of ether oxygens (including phenoxy) is 1. The summed E-state index contributed by atoms with van der Waals surface area (Å²) < 4.78 is 11.0. The molecule has 0 saturated carbocycles. The number of hydrogen-bond donors (Lipinski definition) is 1. The molecule has 1 aliphatic heterocycles. The zero-order valence-corrected chi connectivity index (χ0v) is 11.5. The van der Waals surface area contributed by atoms with Crippen molar-refractivity contribution in [2.75, 3.05) is 19.7 Å². The van der Waals surface area contributed by atoms with E-state index in [0.29, 0.717) is 12.4 Å². The maximum absolute atomic E-state index is 5.49. The molecule has 0 amide bonds. The van der Waals surface area contributed by atoms with Crippen LogP contribution in [0.25, 0.3) is 0 Å². The lowest BCUT2D eigenvalue weighted by molar-refractivity contribution is 0.0683. The van der Waals surface area contributed by atoms with E-state index in [1.54, 1.807) is 0 Å². The number of hydrogen-bond acceptors (Lipinski definition) is 5. The van der Waals surface area contributed by atoms with Gasteiger partial charge in [0.05, 0.1) is 5.41 Å². The Kier molecular flexibility index (Phi) is 4.35. The first kappa shape index (κ1) is 13.5. The van der Waals surface area contributed by atoms with E-state index in [0.717, 1.165) is 38.2 Å². The molecule has 2 atom stereocenters. The minimum absolute atomic E-state index is 0.00936. The molecular formula is C13H23N3O2. The van der Waals surface area contributed by atoms with Gasteiger partial charge in [-0.2, -0.15) is 4.98 Å². The average molecular weight is 253 g/mol. The first-order valence-corrected chi connectivity index (χ1v) is 6.88. The Morgan fingerprint density at radius 2 is 2.33 bits per heavy atom. The van der Waals surface area contributed by atoms with Crippen molar-refractivity contribution in [2.24, 2.45) is 0 Å². The lowest BCUT2D eigenvalue weighted by Gasteiger charge is -2.33. The van der Waals surface area contributed by atoms with Gasteiger partial charge in [-0.15, -0.1) is 0 Å². The van der Waals surface area contributed by atoms with E-state index in [2.05, 4.69) is 22.4 Å². The second kappa shape index (κ2) is 5.80. The van der Waals surface area contributed by atoms with Crippen LogP contribution >= 0.6 is 0 Å². The first-order valence-electron chi connectivity index (χ1n) is 6.88. The number of aromatic nitrogens is 2. The minimum Gasteiger partial charge on any atom is -0.371 e. The Balaban J connectivity index is 2.16. The van der Waals surface area contributed by atoms with Crippen LogP contribution in [0.4, 0.5) is 0 Å². The average Bonchev–Trinajstić information content (AvgIpc) is 2.90. The second-order valence-electron chi connectivity index (χ2n) is 4.97. The molecular weight excluding hydrogens is 230 g/mol. The topological polar surface area (TPSA) is 60.2 Å². The van der Waals surface area contributed by atoms with Gasteiger partial charge in [-0.3, -0.25) is 0 Å². The van der Waals surface area contributed by atoms with Gasteiger partial charge < -0.3 is 14.6 Å². The van der Waals surface area contributed by atoms with Crippen molar-refractivity contribution >= 4 is 0 Å². The summed E-state index contributed by atoms with van der Waals surface area (Å²) in [5.74, 6) is 1.42. The van der Waals surface area contributed by atoms with Gasteiger partial charge in [-0.1, -0.05) is 12.1 Å². The van der Waals surface area contributed by atoms with Crippen molar-refractivity contribution in [2.45, 2.75) is 51.6 Å². The third-order valence-corrected chi connectivity index (χ3v) is 3.82. The third-order valence-electron chi connectivity index (χ3n) is 3.82.